The van der Waals surface area contributed by atoms with E-state index in [4.69, 9.17) is 0 Å². The summed E-state index contributed by atoms with van der Waals surface area (Å²) >= 11 is 2.45. The molecule has 2 aromatic carbocycles. The van der Waals surface area contributed by atoms with Crippen molar-refractivity contribution in [2.45, 2.75) is 24.7 Å². The molecule has 0 aliphatic carbocycles. The van der Waals surface area contributed by atoms with Crippen LogP contribution < -0.4 is 5.32 Å². The Kier molecular flexibility index (Phi) is 6.64. The van der Waals surface area contributed by atoms with Gasteiger partial charge in [0, 0.05) is 53.7 Å². The summed E-state index contributed by atoms with van der Waals surface area (Å²) in [5.74, 6) is -1.07. The van der Waals surface area contributed by atoms with Crippen molar-refractivity contribution < 1.29 is 27.2 Å². The number of thiazole rings is 1. The fraction of sp³-hybridized carbons (Fsp3) is 0.296. The molecule has 2 aliphatic rings. The Morgan fingerprint density at radius 2 is 1.67 bits per heavy atom. The third kappa shape index (κ3) is 5.04. The summed E-state index contributed by atoms with van der Waals surface area (Å²) in [5.41, 5.74) is 2.44. The zero-order chi connectivity index (χ0) is 27.3. The number of aromatic nitrogens is 1. The highest BCUT2D eigenvalue weighted by atomic mass is 32.1. The summed E-state index contributed by atoms with van der Waals surface area (Å²) < 4.78 is 54.6. The Morgan fingerprint density at radius 3 is 2.36 bits per heavy atom. The lowest BCUT2D eigenvalue weighted by molar-refractivity contribution is -0.137. The van der Waals surface area contributed by atoms with Gasteiger partial charge in [-0.05, 0) is 41.8 Å². The molecule has 202 valence electrons. The Morgan fingerprint density at radius 1 is 0.949 bits per heavy atom. The SMILES string of the molecule is O=C(c1cscn1)N1CC[C@H](NC2CN(C(=O)c3sc4ccc(-c5ccc(C(F)(F)F)cc5)cc4c3F)C2)C1. The minimum atomic E-state index is -4.43. The molecule has 0 bridgehead atoms. The molecule has 2 amide bonds. The predicted molar refractivity (Wildman–Crippen MR) is 141 cm³/mol. The summed E-state index contributed by atoms with van der Waals surface area (Å²) in [6.45, 7) is 2.11. The fourth-order valence-corrected chi connectivity index (χ4v) is 6.58. The molecule has 0 spiro atoms. The van der Waals surface area contributed by atoms with E-state index in [1.807, 2.05) is 0 Å². The van der Waals surface area contributed by atoms with Crippen LogP contribution in [0.2, 0.25) is 0 Å². The fourth-order valence-electron chi connectivity index (χ4n) is 5.02. The van der Waals surface area contributed by atoms with Crippen LogP contribution in [-0.4, -0.2) is 64.9 Å². The number of nitrogens with one attached hydrogen (secondary N) is 1. The number of halogens is 4. The zero-order valence-electron chi connectivity index (χ0n) is 20.4. The summed E-state index contributed by atoms with van der Waals surface area (Å²) in [6, 6.07) is 9.85. The maximum absolute atomic E-state index is 15.3. The lowest BCUT2D eigenvalue weighted by Gasteiger charge is -2.40. The van der Waals surface area contributed by atoms with Crippen molar-refractivity contribution in [3.63, 3.8) is 0 Å². The molecule has 1 atom stereocenters. The number of carbonyl (C=O) groups is 2. The first-order valence-electron chi connectivity index (χ1n) is 12.3. The molecule has 0 unspecified atom stereocenters. The summed E-state index contributed by atoms with van der Waals surface area (Å²) in [7, 11) is 0. The van der Waals surface area contributed by atoms with Gasteiger partial charge in [0.1, 0.15) is 10.6 Å². The van der Waals surface area contributed by atoms with Crippen LogP contribution in [0.25, 0.3) is 21.2 Å². The Bertz CT molecular complexity index is 1530. The van der Waals surface area contributed by atoms with Crippen LogP contribution in [0.4, 0.5) is 17.6 Å². The van der Waals surface area contributed by atoms with E-state index in [9.17, 15) is 22.8 Å². The molecule has 6 rings (SSSR count). The van der Waals surface area contributed by atoms with E-state index in [2.05, 4.69) is 10.3 Å². The highest BCUT2D eigenvalue weighted by Crippen LogP contribution is 2.36. The third-order valence-corrected chi connectivity index (χ3v) is 8.85. The molecule has 2 aliphatic heterocycles. The number of fused-ring (bicyclic) bond motifs is 1. The van der Waals surface area contributed by atoms with Gasteiger partial charge in [0.25, 0.3) is 11.8 Å². The van der Waals surface area contributed by atoms with Gasteiger partial charge in [-0.25, -0.2) is 9.37 Å². The van der Waals surface area contributed by atoms with Crippen LogP contribution in [0.1, 0.15) is 32.1 Å². The predicted octanol–water partition coefficient (Wildman–Crippen LogP) is 5.51. The maximum atomic E-state index is 15.3. The Balaban J connectivity index is 1.08. The van der Waals surface area contributed by atoms with Crippen molar-refractivity contribution in [1.82, 2.24) is 20.1 Å². The van der Waals surface area contributed by atoms with E-state index >= 15 is 4.39 Å². The van der Waals surface area contributed by atoms with E-state index in [0.29, 0.717) is 47.7 Å². The average molecular weight is 575 g/mol. The average Bonchev–Trinajstić information content (AvgIpc) is 3.66. The van der Waals surface area contributed by atoms with Gasteiger partial charge in [-0.2, -0.15) is 13.2 Å². The number of likely N-dealkylation sites (tertiary alicyclic amines) is 2. The molecule has 1 N–H and O–H groups in total. The second-order valence-electron chi connectivity index (χ2n) is 9.72. The number of alkyl halides is 3. The smallest absolute Gasteiger partial charge is 0.336 e. The second-order valence-corrected chi connectivity index (χ2v) is 11.5. The Labute approximate surface area is 228 Å². The van der Waals surface area contributed by atoms with Crippen molar-refractivity contribution in [3.05, 3.63) is 75.3 Å². The molecule has 2 fully saturated rings. The van der Waals surface area contributed by atoms with Crippen LogP contribution in [0.3, 0.4) is 0 Å². The monoisotopic (exact) mass is 574 g/mol. The molecule has 0 saturated carbocycles. The number of thiophene rings is 1. The Hall–Kier alpha value is -3.35. The minimum Gasteiger partial charge on any atom is -0.336 e. The quantitative estimate of drug-likeness (QED) is 0.319. The lowest BCUT2D eigenvalue weighted by Crippen LogP contribution is -2.62. The van der Waals surface area contributed by atoms with Crippen molar-refractivity contribution in [2.75, 3.05) is 26.2 Å². The third-order valence-electron chi connectivity index (χ3n) is 7.13. The van der Waals surface area contributed by atoms with Crippen LogP contribution in [0, 0.1) is 5.82 Å². The van der Waals surface area contributed by atoms with Crippen LogP contribution in [0.15, 0.2) is 53.4 Å². The minimum absolute atomic E-state index is 0.0221. The number of amides is 2. The van der Waals surface area contributed by atoms with Crippen LogP contribution in [-0.2, 0) is 6.18 Å². The van der Waals surface area contributed by atoms with E-state index in [0.717, 1.165) is 29.9 Å². The van der Waals surface area contributed by atoms with E-state index < -0.39 is 17.6 Å². The molecule has 2 aromatic heterocycles. The first kappa shape index (κ1) is 25.9. The molecule has 4 aromatic rings. The highest BCUT2D eigenvalue weighted by molar-refractivity contribution is 7.20. The van der Waals surface area contributed by atoms with Gasteiger partial charge >= 0.3 is 6.18 Å². The van der Waals surface area contributed by atoms with Crippen molar-refractivity contribution in [3.8, 4) is 11.1 Å². The van der Waals surface area contributed by atoms with Crippen molar-refractivity contribution in [1.29, 1.82) is 0 Å². The number of nitrogens with zero attached hydrogens (tertiary/aromatic N) is 3. The van der Waals surface area contributed by atoms with E-state index in [-0.39, 0.29) is 34.2 Å². The molecule has 12 heteroatoms. The normalized spacial score (nSPS) is 18.1. The van der Waals surface area contributed by atoms with Gasteiger partial charge in [0.05, 0.1) is 11.1 Å². The van der Waals surface area contributed by atoms with Crippen molar-refractivity contribution >= 4 is 44.6 Å². The van der Waals surface area contributed by atoms with E-state index in [1.165, 1.54) is 23.5 Å². The summed E-state index contributed by atoms with van der Waals surface area (Å²) in [6.07, 6.45) is -3.62. The molecule has 6 nitrogen and oxygen atoms in total. The summed E-state index contributed by atoms with van der Waals surface area (Å²) in [5, 5.41) is 5.50. The molecule has 4 heterocycles. The number of hydrogen-bond acceptors (Lipinski definition) is 6. The van der Waals surface area contributed by atoms with Gasteiger partial charge in [-0.1, -0.05) is 18.2 Å². The van der Waals surface area contributed by atoms with Gasteiger partial charge < -0.3 is 15.1 Å². The van der Waals surface area contributed by atoms with Gasteiger partial charge in [0.2, 0.25) is 0 Å². The first-order chi connectivity index (χ1) is 18.7. The number of rotatable bonds is 5. The number of hydrogen-bond donors (Lipinski definition) is 1. The largest absolute Gasteiger partial charge is 0.416 e. The van der Waals surface area contributed by atoms with Crippen LogP contribution in [0.5, 0.6) is 0 Å². The molecular formula is C27H22F4N4O2S2. The molecule has 39 heavy (non-hydrogen) atoms. The highest BCUT2D eigenvalue weighted by Gasteiger charge is 2.37. The number of benzene rings is 2. The number of carbonyl (C=O) groups excluding carboxylic acids is 2. The van der Waals surface area contributed by atoms with E-state index in [1.54, 1.807) is 38.9 Å². The first-order valence-corrected chi connectivity index (χ1v) is 14.1. The topological polar surface area (TPSA) is 65.5 Å². The summed E-state index contributed by atoms with van der Waals surface area (Å²) in [4.78, 5) is 33.0. The lowest BCUT2D eigenvalue weighted by atomic mass is 10.0. The standard InChI is InChI=1S/C27H22F4N4O2S2/c28-23-20-9-16(15-1-4-17(5-2-15)27(29,30)31)3-6-22(20)39-24(23)26(37)35-11-19(12-35)33-18-7-8-34(10-18)25(36)21-13-38-14-32-21/h1-6,9,13-14,18-19,33H,7-8,10-12H2/t18-/m0/s1. The molecule has 2 saturated heterocycles. The molecule has 0 radical (unpaired) electrons. The van der Waals surface area contributed by atoms with Gasteiger partial charge in [-0.3, -0.25) is 9.59 Å². The van der Waals surface area contributed by atoms with Crippen molar-refractivity contribution in [2.24, 2.45) is 0 Å². The molecular weight excluding hydrogens is 552 g/mol. The van der Waals surface area contributed by atoms with Crippen LogP contribution >= 0.6 is 22.7 Å². The van der Waals surface area contributed by atoms with Gasteiger partial charge in [0.15, 0.2) is 5.82 Å². The van der Waals surface area contributed by atoms with Gasteiger partial charge in [-0.15, -0.1) is 22.7 Å². The zero-order valence-corrected chi connectivity index (χ0v) is 22.0. The second kappa shape index (κ2) is 10.00. The maximum Gasteiger partial charge on any atom is 0.416 e.